The van der Waals surface area contributed by atoms with Gasteiger partial charge in [-0.25, -0.2) is 32.9 Å². The van der Waals surface area contributed by atoms with Crippen LogP contribution in [-0.2, 0) is 36.5 Å². The Bertz CT molecular complexity index is 3230. The zero-order valence-electron chi connectivity index (χ0n) is 41.3. The first-order chi connectivity index (χ1) is 36.0. The number of amides is 2. The smallest absolute Gasteiger partial charge is 0.344 e. The van der Waals surface area contributed by atoms with Crippen LogP contribution in [-0.4, -0.2) is 90.3 Å². The Hall–Kier alpha value is -6.23. The molecule has 0 spiro atoms. The highest BCUT2D eigenvalue weighted by molar-refractivity contribution is 6.36. The van der Waals surface area contributed by atoms with Gasteiger partial charge in [-0.2, -0.15) is 0 Å². The van der Waals surface area contributed by atoms with E-state index in [4.69, 9.17) is 109 Å². The Morgan fingerprint density at radius 2 is 1.04 bits per heavy atom. The minimum Gasteiger partial charge on any atom is -0.497 e. The number of hydrogen-bond acceptors (Lipinski definition) is 15. The van der Waals surface area contributed by atoms with E-state index in [1.54, 1.807) is 78.7 Å². The van der Waals surface area contributed by atoms with E-state index in [1.165, 1.54) is 24.0 Å². The van der Waals surface area contributed by atoms with Crippen molar-refractivity contribution in [2.24, 2.45) is 5.73 Å². The quantitative estimate of drug-likeness (QED) is 0.0914. The van der Waals surface area contributed by atoms with E-state index in [2.05, 4.69) is 19.7 Å². The molecule has 1 atom stereocenters. The van der Waals surface area contributed by atoms with Gasteiger partial charge in [0.15, 0.2) is 32.9 Å². The van der Waals surface area contributed by atoms with E-state index >= 15 is 0 Å². The van der Waals surface area contributed by atoms with Crippen molar-refractivity contribution in [2.45, 2.75) is 51.9 Å². The molecule has 0 aliphatic carbocycles. The number of aliphatic hydroxyl groups excluding tert-OH is 1. The van der Waals surface area contributed by atoms with Gasteiger partial charge in [-0.3, -0.25) is 9.59 Å². The van der Waals surface area contributed by atoms with Crippen molar-refractivity contribution in [3.05, 3.63) is 153 Å². The summed E-state index contributed by atoms with van der Waals surface area (Å²) in [6.07, 6.45) is -1.67. The number of halogens is 9. The lowest BCUT2D eigenvalue weighted by Gasteiger charge is -2.33. The highest BCUT2D eigenvalue weighted by Gasteiger charge is 2.48. The number of carbonyl (C=O) groups is 3. The Morgan fingerprint density at radius 1 is 0.605 bits per heavy atom. The van der Waals surface area contributed by atoms with Gasteiger partial charge in [0, 0.05) is 59.1 Å². The van der Waals surface area contributed by atoms with Crippen LogP contribution in [0, 0.1) is 17.5 Å². The fourth-order valence-electron chi connectivity index (χ4n) is 8.06. The predicted molar refractivity (Wildman–Crippen MR) is 276 cm³/mol. The van der Waals surface area contributed by atoms with E-state index in [0.717, 1.165) is 28.2 Å². The molecule has 0 saturated heterocycles. The highest BCUT2D eigenvalue weighted by atomic mass is 35.5. The van der Waals surface area contributed by atoms with Crippen LogP contribution in [0.4, 0.5) is 13.2 Å². The van der Waals surface area contributed by atoms with Crippen LogP contribution >= 0.6 is 69.6 Å². The number of fused-ring (bicyclic) bond motifs is 3. The number of pyridine rings is 3. The second kappa shape index (κ2) is 24.8. The maximum absolute atomic E-state index is 14.6. The Balaban J connectivity index is 0.000000172. The number of methoxy groups -OCH3 is 6. The maximum Gasteiger partial charge on any atom is 0.344 e. The molecular weight excluding hydrogens is 1130 g/mol. The Kier molecular flexibility index (Phi) is 19.3. The SMILES string of the molecule is COc1ccc(CN)c(OC)c1.COc1ccc(CN2C(=O)c3c(Cl)nc(Cl)c(F)c3C2(C)C)c(OC)c1.COc1ccc(CN2Cc3c(F)c(Cl)nc(Cl)c3C2=O)c(OC)c1.O=C1OC(O)c2c(F)c(Cl)nc(Cl)c21. The molecular formula is C50H45Cl6F3N6O11. The summed E-state index contributed by atoms with van der Waals surface area (Å²) in [5.74, 6) is -0.199. The molecule has 3 aromatic heterocycles. The monoisotopic (exact) mass is 1170 g/mol. The first-order valence-electron chi connectivity index (χ1n) is 22.0. The number of hydrogen-bond donors (Lipinski definition) is 2. The average molecular weight is 1180 g/mol. The van der Waals surface area contributed by atoms with Crippen molar-refractivity contribution < 1.29 is 65.8 Å². The number of benzene rings is 3. The van der Waals surface area contributed by atoms with Crippen molar-refractivity contribution in [3.8, 4) is 34.5 Å². The molecule has 26 heteroatoms. The third-order valence-electron chi connectivity index (χ3n) is 12.0. The average Bonchev–Trinajstić information content (AvgIpc) is 3.98. The lowest BCUT2D eigenvalue weighted by molar-refractivity contribution is -0.0562. The molecule has 404 valence electrons. The van der Waals surface area contributed by atoms with Crippen molar-refractivity contribution >= 4 is 87.4 Å². The van der Waals surface area contributed by atoms with E-state index in [-0.39, 0.29) is 78.8 Å². The second-order valence-electron chi connectivity index (χ2n) is 16.5. The van der Waals surface area contributed by atoms with Crippen LogP contribution in [0.3, 0.4) is 0 Å². The van der Waals surface area contributed by atoms with Crippen LogP contribution in [0.25, 0.3) is 0 Å². The van der Waals surface area contributed by atoms with E-state index in [9.17, 15) is 27.6 Å². The summed E-state index contributed by atoms with van der Waals surface area (Å²) in [7, 11) is 9.41. The number of rotatable bonds is 11. The van der Waals surface area contributed by atoms with Gasteiger partial charge in [-0.05, 0) is 44.2 Å². The normalized spacial score (nSPS) is 14.5. The summed E-state index contributed by atoms with van der Waals surface area (Å²) in [6, 6.07) is 16.1. The first kappa shape index (κ1) is 59.0. The highest BCUT2D eigenvalue weighted by Crippen LogP contribution is 2.46. The molecule has 3 N–H and O–H groups in total. The molecule has 6 aromatic rings. The zero-order chi connectivity index (χ0) is 56.1. The molecule has 0 radical (unpaired) electrons. The van der Waals surface area contributed by atoms with Gasteiger partial charge >= 0.3 is 5.97 Å². The molecule has 9 rings (SSSR count). The number of esters is 1. The molecule has 76 heavy (non-hydrogen) atoms. The summed E-state index contributed by atoms with van der Waals surface area (Å²) in [4.78, 5) is 50.3. The minimum atomic E-state index is -1.67. The first-order valence-corrected chi connectivity index (χ1v) is 24.2. The molecule has 0 saturated carbocycles. The number of nitrogens with zero attached hydrogens (tertiary/aromatic N) is 5. The van der Waals surface area contributed by atoms with Crippen LogP contribution in [0.15, 0.2) is 54.6 Å². The maximum atomic E-state index is 14.6. The van der Waals surface area contributed by atoms with Crippen molar-refractivity contribution in [1.82, 2.24) is 24.8 Å². The summed E-state index contributed by atoms with van der Waals surface area (Å²) in [5.41, 5.74) is 6.82. The third-order valence-corrected chi connectivity index (χ3v) is 13.5. The van der Waals surface area contributed by atoms with Crippen molar-refractivity contribution in [1.29, 1.82) is 0 Å². The molecule has 1 unspecified atom stereocenters. The summed E-state index contributed by atoms with van der Waals surface area (Å²) < 4.78 is 77.6. The number of cyclic esters (lactones) is 1. The molecule has 0 fully saturated rings. The van der Waals surface area contributed by atoms with Crippen molar-refractivity contribution in [2.75, 3.05) is 42.7 Å². The van der Waals surface area contributed by atoms with Gasteiger partial charge in [0.2, 0.25) is 6.29 Å². The molecule has 3 aliphatic heterocycles. The fraction of sp³-hybridized carbons (Fsp3) is 0.280. The number of aliphatic hydroxyl groups is 1. The van der Waals surface area contributed by atoms with Gasteiger partial charge < -0.3 is 53.8 Å². The predicted octanol–water partition coefficient (Wildman–Crippen LogP) is 11.0. The number of nitrogens with two attached hydrogens (primary N) is 1. The molecule has 17 nitrogen and oxygen atoms in total. The van der Waals surface area contributed by atoms with Crippen molar-refractivity contribution in [3.63, 3.8) is 0 Å². The number of aromatic nitrogens is 3. The lowest BCUT2D eigenvalue weighted by atomic mass is 9.94. The second-order valence-corrected chi connectivity index (χ2v) is 18.7. The lowest BCUT2D eigenvalue weighted by Crippen LogP contribution is -2.38. The topological polar surface area (TPSA) is 207 Å². The summed E-state index contributed by atoms with van der Waals surface area (Å²) >= 11 is 34.5. The van der Waals surface area contributed by atoms with E-state index < -0.39 is 52.2 Å². The zero-order valence-corrected chi connectivity index (χ0v) is 45.9. The van der Waals surface area contributed by atoms with Crippen LogP contribution in [0.1, 0.15) is 84.6 Å². The molecule has 2 amide bonds. The van der Waals surface area contributed by atoms with Crippen LogP contribution in [0.2, 0.25) is 30.9 Å². The van der Waals surface area contributed by atoms with E-state index in [0.29, 0.717) is 29.5 Å². The third kappa shape index (κ3) is 12.0. The molecule has 0 bridgehead atoms. The summed E-state index contributed by atoms with van der Waals surface area (Å²) in [5, 5.41) is 7.48. The van der Waals surface area contributed by atoms with Crippen LogP contribution < -0.4 is 34.2 Å². The summed E-state index contributed by atoms with van der Waals surface area (Å²) in [6.45, 7) is 4.45. The van der Waals surface area contributed by atoms with Gasteiger partial charge in [-0.15, -0.1) is 0 Å². The minimum absolute atomic E-state index is 0.0473. The molecule has 3 aliphatic rings. The Labute approximate surface area is 463 Å². The van der Waals surface area contributed by atoms with Gasteiger partial charge in [0.1, 0.15) is 55.5 Å². The van der Waals surface area contributed by atoms with Crippen LogP contribution in [0.5, 0.6) is 34.5 Å². The number of ether oxygens (including phenoxy) is 7. The number of carbonyl (C=O) groups excluding carboxylic acids is 3. The molecule has 3 aromatic carbocycles. The largest absolute Gasteiger partial charge is 0.497 e. The van der Waals surface area contributed by atoms with Gasteiger partial charge in [0.25, 0.3) is 11.8 Å². The fourth-order valence-corrected chi connectivity index (χ4v) is 9.56. The Morgan fingerprint density at radius 3 is 1.53 bits per heavy atom. The van der Waals surface area contributed by atoms with Gasteiger partial charge in [-0.1, -0.05) is 75.7 Å². The van der Waals surface area contributed by atoms with E-state index in [1.807, 2.05) is 18.2 Å². The standard InChI is InChI=1S/C18H17Cl2FN2O3.C16H13Cl2FN2O3.C9H13NO2.C7H2Cl2FNO3/c1-18(2)13-12(15(19)22-16(20)14(13)21)17(24)23(18)8-9-5-6-10(25-3)7-11(9)26-4;1-23-9-4-3-8(11(5-9)24-2)6-21-7-10-12(16(21)22)14(17)20-15(18)13(10)19;1-11-8-4-3-7(6-10)9(5-8)12-2;8-4-2-1(3(10)5(9)11-4)6(12)14-7(2)13/h5-7H,8H2,1-4H3;3-5H,6-7H2,1-2H3;3-5H,6,10H2,1-2H3;6,12H. The molecule has 6 heterocycles. The van der Waals surface area contributed by atoms with Gasteiger partial charge in [0.05, 0.1) is 78.0 Å².